The minimum Gasteiger partial charge on any atom is -0.264 e. The SMILES string of the molecule is C[C@H](NS(=O)(=O)c1cc(F)ccc1F)c1cccnc1. The number of hydrogen-bond acceptors (Lipinski definition) is 3. The molecule has 2 aromatic rings. The van der Waals surface area contributed by atoms with Crippen molar-refractivity contribution in [2.24, 2.45) is 0 Å². The summed E-state index contributed by atoms with van der Waals surface area (Å²) in [5.41, 5.74) is 0.618. The summed E-state index contributed by atoms with van der Waals surface area (Å²) in [6.07, 6.45) is 3.05. The number of aromatic nitrogens is 1. The number of nitrogens with zero attached hydrogens (tertiary/aromatic N) is 1. The van der Waals surface area contributed by atoms with Crippen LogP contribution in [0.3, 0.4) is 0 Å². The van der Waals surface area contributed by atoms with E-state index in [0.717, 1.165) is 12.1 Å². The minimum atomic E-state index is -4.15. The Balaban J connectivity index is 2.30. The molecule has 4 nitrogen and oxygen atoms in total. The summed E-state index contributed by atoms with van der Waals surface area (Å²) in [4.78, 5) is 3.16. The second kappa shape index (κ2) is 5.64. The lowest BCUT2D eigenvalue weighted by Gasteiger charge is -2.14. The Labute approximate surface area is 115 Å². The summed E-state index contributed by atoms with van der Waals surface area (Å²) in [6, 6.07) is 5.01. The van der Waals surface area contributed by atoms with E-state index in [9.17, 15) is 17.2 Å². The van der Waals surface area contributed by atoms with Crippen molar-refractivity contribution in [2.45, 2.75) is 17.9 Å². The summed E-state index contributed by atoms with van der Waals surface area (Å²) < 4.78 is 53.0. The van der Waals surface area contributed by atoms with Crippen molar-refractivity contribution in [3.63, 3.8) is 0 Å². The minimum absolute atomic E-state index is 0.614. The molecule has 1 aromatic carbocycles. The average molecular weight is 298 g/mol. The van der Waals surface area contributed by atoms with Gasteiger partial charge in [-0.2, -0.15) is 0 Å². The average Bonchev–Trinajstić information content (AvgIpc) is 2.42. The Bertz CT molecular complexity index is 706. The molecule has 1 aromatic heterocycles. The van der Waals surface area contributed by atoms with E-state index < -0.39 is 32.6 Å². The topological polar surface area (TPSA) is 59.1 Å². The van der Waals surface area contributed by atoms with Crippen LogP contribution in [0.25, 0.3) is 0 Å². The van der Waals surface area contributed by atoms with Crippen molar-refractivity contribution in [2.75, 3.05) is 0 Å². The summed E-state index contributed by atoms with van der Waals surface area (Å²) in [5, 5.41) is 0. The molecule has 0 bridgehead atoms. The lowest BCUT2D eigenvalue weighted by Crippen LogP contribution is -2.27. The van der Waals surface area contributed by atoms with Crippen molar-refractivity contribution in [1.29, 1.82) is 0 Å². The largest absolute Gasteiger partial charge is 0.264 e. The van der Waals surface area contributed by atoms with Gasteiger partial charge in [-0.1, -0.05) is 6.07 Å². The van der Waals surface area contributed by atoms with E-state index in [0.29, 0.717) is 11.6 Å². The first-order chi connectivity index (χ1) is 9.40. The monoisotopic (exact) mass is 298 g/mol. The third-order valence-electron chi connectivity index (χ3n) is 2.70. The molecule has 1 N–H and O–H groups in total. The number of sulfonamides is 1. The lowest BCUT2D eigenvalue weighted by atomic mass is 10.2. The first-order valence-corrected chi connectivity index (χ1v) is 7.26. The van der Waals surface area contributed by atoms with Crippen LogP contribution >= 0.6 is 0 Å². The highest BCUT2D eigenvalue weighted by molar-refractivity contribution is 7.89. The molecule has 1 atom stereocenters. The van der Waals surface area contributed by atoms with Gasteiger partial charge < -0.3 is 0 Å². The zero-order valence-electron chi connectivity index (χ0n) is 10.5. The lowest BCUT2D eigenvalue weighted by molar-refractivity contribution is 0.538. The van der Waals surface area contributed by atoms with E-state index in [1.165, 1.54) is 6.20 Å². The summed E-state index contributed by atoms with van der Waals surface area (Å²) in [7, 11) is -4.15. The van der Waals surface area contributed by atoms with Crippen molar-refractivity contribution in [3.8, 4) is 0 Å². The van der Waals surface area contributed by atoms with Crippen LogP contribution in [0, 0.1) is 11.6 Å². The van der Waals surface area contributed by atoms with Crippen molar-refractivity contribution >= 4 is 10.0 Å². The molecule has 0 fully saturated rings. The Kier molecular flexibility index (Phi) is 4.10. The van der Waals surface area contributed by atoms with E-state index in [1.807, 2.05) is 0 Å². The number of halogens is 2. The highest BCUT2D eigenvalue weighted by Gasteiger charge is 2.22. The summed E-state index contributed by atoms with van der Waals surface area (Å²) >= 11 is 0. The van der Waals surface area contributed by atoms with Crippen LogP contribution in [0.1, 0.15) is 18.5 Å². The molecular weight excluding hydrogens is 286 g/mol. The third kappa shape index (κ3) is 3.17. The van der Waals surface area contributed by atoms with Crippen LogP contribution in [-0.4, -0.2) is 13.4 Å². The molecule has 20 heavy (non-hydrogen) atoms. The van der Waals surface area contributed by atoms with E-state index >= 15 is 0 Å². The van der Waals surface area contributed by atoms with Crippen LogP contribution in [0.4, 0.5) is 8.78 Å². The molecular formula is C13H12F2N2O2S. The van der Waals surface area contributed by atoms with Gasteiger partial charge in [0.2, 0.25) is 10.0 Å². The maximum Gasteiger partial charge on any atom is 0.244 e. The molecule has 0 aliphatic carbocycles. The van der Waals surface area contributed by atoms with Crippen LogP contribution in [-0.2, 0) is 10.0 Å². The van der Waals surface area contributed by atoms with Gasteiger partial charge in [-0.3, -0.25) is 4.98 Å². The molecule has 0 aliphatic rings. The highest BCUT2D eigenvalue weighted by Crippen LogP contribution is 2.19. The summed E-state index contributed by atoms with van der Waals surface area (Å²) in [6.45, 7) is 1.59. The molecule has 0 unspecified atom stereocenters. The van der Waals surface area contributed by atoms with Crippen molar-refractivity contribution in [3.05, 3.63) is 59.9 Å². The summed E-state index contributed by atoms with van der Waals surface area (Å²) in [5.74, 6) is -1.82. The van der Waals surface area contributed by atoms with Crippen LogP contribution < -0.4 is 4.72 Å². The Hall–Kier alpha value is -1.86. The second-order valence-electron chi connectivity index (χ2n) is 4.20. The van der Waals surface area contributed by atoms with Gasteiger partial charge in [0.25, 0.3) is 0 Å². The molecule has 106 valence electrons. The van der Waals surface area contributed by atoms with Crippen LogP contribution in [0.2, 0.25) is 0 Å². The predicted molar refractivity (Wildman–Crippen MR) is 69.3 cm³/mol. The molecule has 7 heteroatoms. The van der Waals surface area contributed by atoms with Gasteiger partial charge in [0.05, 0.1) is 0 Å². The fourth-order valence-corrected chi connectivity index (χ4v) is 3.00. The maximum atomic E-state index is 13.5. The number of hydrogen-bond donors (Lipinski definition) is 1. The molecule has 0 aliphatic heterocycles. The molecule has 0 radical (unpaired) electrons. The maximum absolute atomic E-state index is 13.5. The molecule has 1 heterocycles. The third-order valence-corrected chi connectivity index (χ3v) is 4.25. The fraction of sp³-hybridized carbons (Fsp3) is 0.154. The van der Waals surface area contributed by atoms with Crippen LogP contribution in [0.15, 0.2) is 47.6 Å². The first-order valence-electron chi connectivity index (χ1n) is 5.77. The number of rotatable bonds is 4. The molecule has 0 saturated carbocycles. The van der Waals surface area contributed by atoms with E-state index in [2.05, 4.69) is 9.71 Å². The predicted octanol–water partition coefficient (Wildman–Crippen LogP) is 2.40. The smallest absolute Gasteiger partial charge is 0.244 e. The molecule has 0 saturated heterocycles. The van der Waals surface area contributed by atoms with E-state index in [4.69, 9.17) is 0 Å². The van der Waals surface area contributed by atoms with Crippen molar-refractivity contribution < 1.29 is 17.2 Å². The van der Waals surface area contributed by atoms with Crippen LogP contribution in [0.5, 0.6) is 0 Å². The Morgan fingerprint density at radius 2 is 2.00 bits per heavy atom. The van der Waals surface area contributed by atoms with Gasteiger partial charge >= 0.3 is 0 Å². The Morgan fingerprint density at radius 1 is 1.25 bits per heavy atom. The standard InChI is InChI=1S/C13H12F2N2O2S/c1-9(10-3-2-6-16-8-10)17-20(18,19)13-7-11(14)4-5-12(13)15/h2-9,17H,1H3/t9-/m0/s1. The Morgan fingerprint density at radius 3 is 2.65 bits per heavy atom. The quantitative estimate of drug-likeness (QED) is 0.943. The first kappa shape index (κ1) is 14.5. The number of nitrogens with one attached hydrogen (secondary N) is 1. The second-order valence-corrected chi connectivity index (χ2v) is 5.89. The van der Waals surface area contributed by atoms with Gasteiger partial charge in [0.15, 0.2) is 0 Å². The van der Waals surface area contributed by atoms with Gasteiger partial charge in [-0.25, -0.2) is 21.9 Å². The van der Waals surface area contributed by atoms with Gasteiger partial charge in [0.1, 0.15) is 16.5 Å². The molecule has 0 amide bonds. The molecule has 0 spiro atoms. The molecule has 2 rings (SSSR count). The van der Waals surface area contributed by atoms with E-state index in [-0.39, 0.29) is 0 Å². The van der Waals surface area contributed by atoms with Gasteiger partial charge in [0, 0.05) is 18.4 Å². The highest BCUT2D eigenvalue weighted by atomic mass is 32.2. The van der Waals surface area contributed by atoms with Gasteiger partial charge in [-0.05, 0) is 36.8 Å². The normalized spacial score (nSPS) is 13.2. The van der Waals surface area contributed by atoms with Crippen molar-refractivity contribution in [1.82, 2.24) is 9.71 Å². The number of benzene rings is 1. The van der Waals surface area contributed by atoms with E-state index in [1.54, 1.807) is 25.3 Å². The fourth-order valence-electron chi connectivity index (χ4n) is 1.68. The zero-order chi connectivity index (χ0) is 14.8. The zero-order valence-corrected chi connectivity index (χ0v) is 11.4. The number of pyridine rings is 1. The van der Waals surface area contributed by atoms with Gasteiger partial charge in [-0.15, -0.1) is 0 Å².